The van der Waals surface area contributed by atoms with E-state index in [1.165, 1.54) is 18.2 Å². The predicted octanol–water partition coefficient (Wildman–Crippen LogP) is 3.20. The molecule has 0 fully saturated rings. The molecule has 2 aromatic carbocycles. The number of hydrogen-bond acceptors (Lipinski definition) is 6. The number of carbonyl (C=O) groups is 2. The van der Waals surface area contributed by atoms with Crippen LogP contribution >= 0.6 is 11.6 Å². The van der Waals surface area contributed by atoms with Crippen LogP contribution in [-0.2, 0) is 14.3 Å². The fourth-order valence-corrected chi connectivity index (χ4v) is 2.11. The first-order chi connectivity index (χ1) is 12.5. The monoisotopic (exact) mass is 378 g/mol. The molecule has 1 N–H and O–H groups in total. The molecule has 0 aliphatic heterocycles. The lowest BCUT2D eigenvalue weighted by molar-refractivity contribution is -0.383. The molecule has 2 rings (SSSR count). The van der Waals surface area contributed by atoms with Crippen molar-refractivity contribution in [2.45, 2.75) is 6.42 Å². The van der Waals surface area contributed by atoms with Gasteiger partial charge >= 0.3 is 5.97 Å². The first-order valence-corrected chi connectivity index (χ1v) is 7.91. The summed E-state index contributed by atoms with van der Waals surface area (Å²) in [5, 5.41) is 13.4. The summed E-state index contributed by atoms with van der Waals surface area (Å²) in [6, 6.07) is 12.7. The van der Waals surface area contributed by atoms with E-state index in [9.17, 15) is 19.7 Å². The third-order valence-electron chi connectivity index (χ3n) is 3.11. The Labute approximate surface area is 153 Å². The van der Waals surface area contributed by atoms with Crippen LogP contribution in [0.3, 0.4) is 0 Å². The number of esters is 1. The number of nitro benzene ring substituents is 1. The fourth-order valence-electron chi connectivity index (χ4n) is 1.94. The molecule has 0 radical (unpaired) electrons. The molecule has 2 aromatic rings. The highest BCUT2D eigenvalue weighted by Crippen LogP contribution is 2.27. The SMILES string of the molecule is O=C(COC(=O)CCOc1ccccc1)Nc1cc(Cl)ccc1[N+](=O)[O-]. The Morgan fingerprint density at radius 1 is 1.15 bits per heavy atom. The summed E-state index contributed by atoms with van der Waals surface area (Å²) in [5.74, 6) is -0.726. The second-order valence-electron chi connectivity index (χ2n) is 5.04. The number of benzene rings is 2. The number of ether oxygens (including phenoxy) is 2. The summed E-state index contributed by atoms with van der Waals surface area (Å²) >= 11 is 5.77. The molecular formula is C17H15ClN2O6. The second kappa shape index (κ2) is 9.38. The molecule has 0 unspecified atom stereocenters. The Balaban J connectivity index is 1.77. The molecule has 9 heteroatoms. The number of anilines is 1. The first-order valence-electron chi connectivity index (χ1n) is 7.53. The smallest absolute Gasteiger partial charge is 0.309 e. The molecule has 0 aromatic heterocycles. The van der Waals surface area contributed by atoms with Crippen molar-refractivity contribution in [2.24, 2.45) is 0 Å². The van der Waals surface area contributed by atoms with Gasteiger partial charge in [-0.2, -0.15) is 0 Å². The van der Waals surface area contributed by atoms with Gasteiger partial charge in [0.05, 0.1) is 18.0 Å². The number of rotatable bonds is 8. The number of nitro groups is 1. The molecule has 8 nitrogen and oxygen atoms in total. The molecular weight excluding hydrogens is 364 g/mol. The van der Waals surface area contributed by atoms with Gasteiger partial charge in [-0.05, 0) is 24.3 Å². The van der Waals surface area contributed by atoms with Crippen LogP contribution in [0.5, 0.6) is 5.75 Å². The average Bonchev–Trinajstić information content (AvgIpc) is 2.61. The first kappa shape index (κ1) is 19.2. The summed E-state index contributed by atoms with van der Waals surface area (Å²) < 4.78 is 10.2. The summed E-state index contributed by atoms with van der Waals surface area (Å²) in [6.07, 6.45) is -0.0422. The number of para-hydroxylation sites is 1. The van der Waals surface area contributed by atoms with E-state index in [4.69, 9.17) is 21.1 Å². The van der Waals surface area contributed by atoms with E-state index in [2.05, 4.69) is 5.32 Å². The summed E-state index contributed by atoms with van der Waals surface area (Å²) in [6.45, 7) is -0.474. The van der Waals surface area contributed by atoms with Crippen LogP contribution in [-0.4, -0.2) is 30.0 Å². The lowest BCUT2D eigenvalue weighted by atomic mass is 10.2. The minimum absolute atomic E-state index is 0.0422. The number of carbonyl (C=O) groups excluding carboxylic acids is 2. The Kier molecular flexibility index (Phi) is 6.92. The second-order valence-corrected chi connectivity index (χ2v) is 5.48. The fraction of sp³-hybridized carbons (Fsp3) is 0.176. The quantitative estimate of drug-likeness (QED) is 0.429. The molecule has 0 bridgehead atoms. The van der Waals surface area contributed by atoms with E-state index in [1.807, 2.05) is 6.07 Å². The van der Waals surface area contributed by atoms with Crippen molar-refractivity contribution in [3.63, 3.8) is 0 Å². The molecule has 0 aliphatic carbocycles. The van der Waals surface area contributed by atoms with Gasteiger partial charge in [-0.1, -0.05) is 29.8 Å². The van der Waals surface area contributed by atoms with Crippen LogP contribution in [0.15, 0.2) is 48.5 Å². The van der Waals surface area contributed by atoms with Crippen molar-refractivity contribution < 1.29 is 24.0 Å². The molecule has 0 spiro atoms. The maximum absolute atomic E-state index is 11.8. The maximum atomic E-state index is 11.8. The molecule has 26 heavy (non-hydrogen) atoms. The van der Waals surface area contributed by atoms with Crippen LogP contribution in [0.4, 0.5) is 11.4 Å². The van der Waals surface area contributed by atoms with E-state index in [0.717, 1.165) is 0 Å². The van der Waals surface area contributed by atoms with E-state index in [0.29, 0.717) is 5.75 Å². The van der Waals surface area contributed by atoms with Crippen molar-refractivity contribution in [2.75, 3.05) is 18.5 Å². The van der Waals surface area contributed by atoms with Crippen molar-refractivity contribution in [3.05, 3.63) is 63.7 Å². The van der Waals surface area contributed by atoms with Gasteiger partial charge in [0.1, 0.15) is 11.4 Å². The van der Waals surface area contributed by atoms with Gasteiger partial charge in [-0.25, -0.2) is 0 Å². The summed E-state index contributed by atoms with van der Waals surface area (Å²) in [5.41, 5.74) is -0.388. The molecule has 0 heterocycles. The van der Waals surface area contributed by atoms with Crippen molar-refractivity contribution in [1.29, 1.82) is 0 Å². The highest BCUT2D eigenvalue weighted by atomic mass is 35.5. The van der Waals surface area contributed by atoms with Crippen molar-refractivity contribution in [3.8, 4) is 5.75 Å². The number of amides is 1. The Bertz CT molecular complexity index is 797. The third-order valence-corrected chi connectivity index (χ3v) is 3.35. The standard InChI is InChI=1S/C17H15ClN2O6/c18-12-6-7-15(20(23)24)14(10-12)19-16(21)11-26-17(22)8-9-25-13-4-2-1-3-5-13/h1-7,10H,8-9,11H2,(H,19,21). The van der Waals surface area contributed by atoms with Gasteiger partial charge in [-0.15, -0.1) is 0 Å². The number of hydrogen-bond donors (Lipinski definition) is 1. The van der Waals surface area contributed by atoms with Crippen LogP contribution in [0.25, 0.3) is 0 Å². The van der Waals surface area contributed by atoms with Crippen LogP contribution < -0.4 is 10.1 Å². The molecule has 0 saturated carbocycles. The molecule has 0 saturated heterocycles. The zero-order valence-electron chi connectivity index (χ0n) is 13.5. The molecule has 136 valence electrons. The van der Waals surface area contributed by atoms with E-state index in [-0.39, 0.29) is 29.4 Å². The maximum Gasteiger partial charge on any atom is 0.309 e. The van der Waals surface area contributed by atoms with Gasteiger partial charge in [0, 0.05) is 11.1 Å². The van der Waals surface area contributed by atoms with E-state index >= 15 is 0 Å². The highest BCUT2D eigenvalue weighted by Gasteiger charge is 2.17. The summed E-state index contributed by atoms with van der Waals surface area (Å²) in [7, 11) is 0. The lowest BCUT2D eigenvalue weighted by Crippen LogP contribution is -2.22. The Hall–Kier alpha value is -3.13. The van der Waals surface area contributed by atoms with E-state index in [1.54, 1.807) is 24.3 Å². The molecule has 0 atom stereocenters. The van der Waals surface area contributed by atoms with Gasteiger partial charge < -0.3 is 14.8 Å². The van der Waals surface area contributed by atoms with Gasteiger partial charge in [0.2, 0.25) is 0 Å². The van der Waals surface area contributed by atoms with Gasteiger partial charge in [0.15, 0.2) is 6.61 Å². The average molecular weight is 379 g/mol. The van der Waals surface area contributed by atoms with Crippen molar-refractivity contribution >= 4 is 34.9 Å². The molecule has 0 aliphatic rings. The number of halogens is 1. The predicted molar refractivity (Wildman–Crippen MR) is 94.2 cm³/mol. The minimum Gasteiger partial charge on any atom is -0.493 e. The summed E-state index contributed by atoms with van der Waals surface area (Å²) in [4.78, 5) is 33.7. The number of nitrogens with one attached hydrogen (secondary N) is 1. The van der Waals surface area contributed by atoms with Gasteiger partial charge in [0.25, 0.3) is 11.6 Å². The minimum atomic E-state index is -0.715. The largest absolute Gasteiger partial charge is 0.493 e. The lowest BCUT2D eigenvalue weighted by Gasteiger charge is -2.08. The van der Waals surface area contributed by atoms with Crippen molar-refractivity contribution in [1.82, 2.24) is 0 Å². The topological polar surface area (TPSA) is 108 Å². The normalized spacial score (nSPS) is 10.0. The van der Waals surface area contributed by atoms with E-state index < -0.39 is 23.4 Å². The van der Waals surface area contributed by atoms with Crippen LogP contribution in [0.2, 0.25) is 5.02 Å². The zero-order chi connectivity index (χ0) is 18.9. The molecule has 1 amide bonds. The Morgan fingerprint density at radius 3 is 2.58 bits per heavy atom. The third kappa shape index (κ3) is 6.06. The highest BCUT2D eigenvalue weighted by molar-refractivity contribution is 6.31. The van der Waals surface area contributed by atoms with Gasteiger partial charge in [-0.3, -0.25) is 19.7 Å². The zero-order valence-corrected chi connectivity index (χ0v) is 14.3. The van der Waals surface area contributed by atoms with Crippen LogP contribution in [0, 0.1) is 10.1 Å². The number of nitrogens with zero attached hydrogens (tertiary/aromatic N) is 1. The van der Waals surface area contributed by atoms with Crippen LogP contribution in [0.1, 0.15) is 6.42 Å². The Morgan fingerprint density at radius 2 is 1.88 bits per heavy atom.